The maximum absolute atomic E-state index is 12.8. The molecule has 0 bridgehead atoms. The number of carboxylic acid groups (broad SMARTS) is 1. The van der Waals surface area contributed by atoms with Gasteiger partial charge in [-0.2, -0.15) is 0 Å². The van der Waals surface area contributed by atoms with E-state index >= 15 is 0 Å². The highest BCUT2D eigenvalue weighted by molar-refractivity contribution is 7.89. The number of carbonyl (C=O) groups excluding carboxylic acids is 1. The predicted molar refractivity (Wildman–Crippen MR) is 84.8 cm³/mol. The number of sulfonamides is 1. The van der Waals surface area contributed by atoms with E-state index in [-0.39, 0.29) is 43.3 Å². The molecule has 0 aromatic heterocycles. The SMILES string of the molecule is O=C(O)CC1CN(C(=O)CCNS(=O)(=O)c2ccc(F)cc2)CCO1. The lowest BCUT2D eigenvalue weighted by molar-refractivity contribution is -0.147. The number of nitrogens with zero attached hydrogens (tertiary/aromatic N) is 1. The maximum atomic E-state index is 12.8. The zero-order chi connectivity index (χ0) is 18.4. The number of morpholine rings is 1. The van der Waals surface area contributed by atoms with E-state index < -0.39 is 27.9 Å². The first-order chi connectivity index (χ1) is 11.8. The highest BCUT2D eigenvalue weighted by Gasteiger charge is 2.26. The molecule has 25 heavy (non-hydrogen) atoms. The molecule has 1 heterocycles. The first kappa shape index (κ1) is 19.3. The smallest absolute Gasteiger partial charge is 0.306 e. The van der Waals surface area contributed by atoms with Crippen molar-refractivity contribution >= 4 is 21.9 Å². The van der Waals surface area contributed by atoms with Gasteiger partial charge in [-0.25, -0.2) is 17.5 Å². The number of halogens is 1. The second-order valence-corrected chi connectivity index (χ2v) is 7.30. The number of nitrogens with one attached hydrogen (secondary N) is 1. The van der Waals surface area contributed by atoms with Crippen molar-refractivity contribution in [1.29, 1.82) is 0 Å². The predicted octanol–water partition coefficient (Wildman–Crippen LogP) is 0.196. The van der Waals surface area contributed by atoms with Gasteiger partial charge in [0.2, 0.25) is 15.9 Å². The second kappa shape index (κ2) is 8.37. The van der Waals surface area contributed by atoms with Crippen LogP contribution >= 0.6 is 0 Å². The summed E-state index contributed by atoms with van der Waals surface area (Å²) in [4.78, 5) is 24.2. The van der Waals surface area contributed by atoms with Gasteiger partial charge in [-0.3, -0.25) is 9.59 Å². The van der Waals surface area contributed by atoms with Crippen LogP contribution in [0.1, 0.15) is 12.8 Å². The lowest BCUT2D eigenvalue weighted by Gasteiger charge is -2.32. The van der Waals surface area contributed by atoms with Crippen LogP contribution in [0.3, 0.4) is 0 Å². The van der Waals surface area contributed by atoms with Crippen LogP contribution in [0.15, 0.2) is 29.2 Å². The van der Waals surface area contributed by atoms with Crippen molar-refractivity contribution in [2.45, 2.75) is 23.8 Å². The first-order valence-corrected chi connectivity index (χ1v) is 9.12. The molecule has 1 unspecified atom stereocenters. The normalized spacial score (nSPS) is 18.1. The van der Waals surface area contributed by atoms with Crippen LogP contribution in [0.2, 0.25) is 0 Å². The summed E-state index contributed by atoms with van der Waals surface area (Å²) in [5.41, 5.74) is 0. The summed E-state index contributed by atoms with van der Waals surface area (Å²) in [7, 11) is -3.82. The fraction of sp³-hybridized carbons (Fsp3) is 0.467. The molecule has 1 atom stereocenters. The van der Waals surface area contributed by atoms with E-state index in [0.29, 0.717) is 6.54 Å². The minimum Gasteiger partial charge on any atom is -0.481 e. The highest BCUT2D eigenvalue weighted by Crippen LogP contribution is 2.11. The Hall–Kier alpha value is -2.04. The van der Waals surface area contributed by atoms with Crippen molar-refractivity contribution < 1.29 is 32.2 Å². The molecule has 138 valence electrons. The van der Waals surface area contributed by atoms with Gasteiger partial charge in [0.15, 0.2) is 0 Å². The largest absolute Gasteiger partial charge is 0.481 e. The lowest BCUT2D eigenvalue weighted by Crippen LogP contribution is -2.47. The van der Waals surface area contributed by atoms with Crippen molar-refractivity contribution in [3.63, 3.8) is 0 Å². The fourth-order valence-corrected chi connectivity index (χ4v) is 3.44. The number of amides is 1. The molecule has 0 radical (unpaired) electrons. The quantitative estimate of drug-likeness (QED) is 0.705. The van der Waals surface area contributed by atoms with Crippen LogP contribution in [0, 0.1) is 5.82 Å². The van der Waals surface area contributed by atoms with Crippen LogP contribution in [-0.2, 0) is 24.3 Å². The van der Waals surface area contributed by atoms with Gasteiger partial charge >= 0.3 is 5.97 Å². The lowest BCUT2D eigenvalue weighted by atomic mass is 10.2. The molecular formula is C15H19FN2O6S. The van der Waals surface area contributed by atoms with Crippen LogP contribution in [0.25, 0.3) is 0 Å². The van der Waals surface area contributed by atoms with Gasteiger partial charge in [0, 0.05) is 26.1 Å². The number of carboxylic acids is 1. The molecule has 1 aliphatic heterocycles. The molecule has 10 heteroatoms. The van der Waals surface area contributed by atoms with Crippen LogP contribution in [-0.4, -0.2) is 62.6 Å². The van der Waals surface area contributed by atoms with E-state index in [1.54, 1.807) is 0 Å². The van der Waals surface area contributed by atoms with E-state index in [9.17, 15) is 22.4 Å². The molecular weight excluding hydrogens is 355 g/mol. The number of aliphatic carboxylic acids is 1. The van der Waals surface area contributed by atoms with E-state index in [4.69, 9.17) is 9.84 Å². The Bertz CT molecular complexity index is 722. The van der Waals surface area contributed by atoms with Gasteiger partial charge in [-0.05, 0) is 24.3 Å². The molecule has 0 saturated carbocycles. The number of ether oxygens (including phenoxy) is 1. The Kier molecular flexibility index (Phi) is 6.45. The molecule has 1 aromatic carbocycles. The highest BCUT2D eigenvalue weighted by atomic mass is 32.2. The molecule has 1 saturated heterocycles. The Morgan fingerprint density at radius 2 is 2.00 bits per heavy atom. The van der Waals surface area contributed by atoms with Gasteiger partial charge < -0.3 is 14.7 Å². The number of hydrogen-bond donors (Lipinski definition) is 2. The van der Waals surface area contributed by atoms with Gasteiger partial charge in [-0.15, -0.1) is 0 Å². The van der Waals surface area contributed by atoms with Crippen molar-refractivity contribution in [3.8, 4) is 0 Å². The monoisotopic (exact) mass is 374 g/mol. The minimum absolute atomic E-state index is 0.0692. The van der Waals surface area contributed by atoms with Gasteiger partial charge in [-0.1, -0.05) is 0 Å². The van der Waals surface area contributed by atoms with Gasteiger partial charge in [0.05, 0.1) is 24.0 Å². The van der Waals surface area contributed by atoms with E-state index in [2.05, 4.69) is 4.72 Å². The number of hydrogen-bond acceptors (Lipinski definition) is 5. The third-order valence-electron chi connectivity index (χ3n) is 3.65. The summed E-state index contributed by atoms with van der Waals surface area (Å²) in [6, 6.07) is 4.35. The zero-order valence-corrected chi connectivity index (χ0v) is 14.2. The van der Waals surface area contributed by atoms with Crippen molar-refractivity contribution in [2.24, 2.45) is 0 Å². The van der Waals surface area contributed by atoms with Crippen LogP contribution in [0.5, 0.6) is 0 Å². The van der Waals surface area contributed by atoms with E-state index in [1.807, 2.05) is 0 Å². The third kappa shape index (κ3) is 5.76. The molecule has 1 fully saturated rings. The average Bonchev–Trinajstić information content (AvgIpc) is 2.54. The molecule has 0 aliphatic carbocycles. The Morgan fingerprint density at radius 1 is 1.32 bits per heavy atom. The summed E-state index contributed by atoms with van der Waals surface area (Å²) in [6.45, 7) is 0.625. The first-order valence-electron chi connectivity index (χ1n) is 7.64. The molecule has 1 amide bonds. The standard InChI is InChI=1S/C15H19FN2O6S/c16-11-1-3-13(4-2-11)25(22,23)17-6-5-14(19)18-7-8-24-12(10-18)9-15(20)21/h1-4,12,17H,5-10H2,(H,20,21). The molecule has 1 aromatic rings. The molecule has 8 nitrogen and oxygen atoms in total. The Labute approximate surface area is 144 Å². The average molecular weight is 374 g/mol. The summed E-state index contributed by atoms with van der Waals surface area (Å²) in [5, 5.41) is 8.76. The van der Waals surface area contributed by atoms with Gasteiger partial charge in [0.1, 0.15) is 5.82 Å². The summed E-state index contributed by atoms with van der Waals surface area (Å²) >= 11 is 0. The second-order valence-electron chi connectivity index (χ2n) is 5.53. The van der Waals surface area contributed by atoms with Gasteiger partial charge in [0.25, 0.3) is 0 Å². The van der Waals surface area contributed by atoms with Crippen LogP contribution in [0.4, 0.5) is 4.39 Å². The minimum atomic E-state index is -3.82. The maximum Gasteiger partial charge on any atom is 0.306 e. The van der Waals surface area contributed by atoms with Crippen LogP contribution < -0.4 is 4.72 Å². The zero-order valence-electron chi connectivity index (χ0n) is 13.4. The Balaban J connectivity index is 1.83. The Morgan fingerprint density at radius 3 is 2.64 bits per heavy atom. The topological polar surface area (TPSA) is 113 Å². The molecule has 2 rings (SSSR count). The third-order valence-corrected chi connectivity index (χ3v) is 5.13. The molecule has 1 aliphatic rings. The summed E-state index contributed by atoms with van der Waals surface area (Å²) in [6.07, 6.45) is -0.826. The van der Waals surface area contributed by atoms with Crippen molar-refractivity contribution in [3.05, 3.63) is 30.1 Å². The summed E-state index contributed by atoms with van der Waals surface area (Å²) < 4.78 is 44.5. The van der Waals surface area contributed by atoms with E-state index in [1.165, 1.54) is 4.90 Å². The fourth-order valence-electron chi connectivity index (χ4n) is 2.41. The molecule has 2 N–H and O–H groups in total. The van der Waals surface area contributed by atoms with Crippen molar-refractivity contribution in [2.75, 3.05) is 26.2 Å². The number of carbonyl (C=O) groups is 2. The molecule has 0 spiro atoms. The number of rotatable bonds is 7. The van der Waals surface area contributed by atoms with Crippen molar-refractivity contribution in [1.82, 2.24) is 9.62 Å². The number of benzene rings is 1. The van der Waals surface area contributed by atoms with E-state index in [0.717, 1.165) is 24.3 Å². The summed E-state index contributed by atoms with van der Waals surface area (Å²) in [5.74, 6) is -1.84.